The third-order valence-electron chi connectivity index (χ3n) is 2.39. The Labute approximate surface area is 105 Å². The van der Waals surface area contributed by atoms with Gasteiger partial charge in [-0.3, -0.25) is 4.79 Å². The van der Waals surface area contributed by atoms with E-state index in [1.807, 2.05) is 6.92 Å². The van der Waals surface area contributed by atoms with Crippen LogP contribution in [0, 0.1) is 5.92 Å². The predicted octanol–water partition coefficient (Wildman–Crippen LogP) is 1.41. The summed E-state index contributed by atoms with van der Waals surface area (Å²) in [5.41, 5.74) is 5.98. The van der Waals surface area contributed by atoms with Crippen LogP contribution in [0.3, 0.4) is 0 Å². The lowest BCUT2D eigenvalue weighted by Crippen LogP contribution is -2.32. The molecule has 0 saturated carbocycles. The van der Waals surface area contributed by atoms with E-state index in [1.165, 1.54) is 0 Å². The van der Waals surface area contributed by atoms with Crippen LogP contribution < -0.4 is 15.8 Å². The summed E-state index contributed by atoms with van der Waals surface area (Å²) in [5.74, 6) is -0.422. The van der Waals surface area contributed by atoms with Crippen LogP contribution >= 0.6 is 0 Å². The number of nitrogens with two attached hydrogens (primary N) is 1. The van der Waals surface area contributed by atoms with Gasteiger partial charge >= 0.3 is 0 Å². The van der Waals surface area contributed by atoms with Crippen molar-refractivity contribution in [3.63, 3.8) is 0 Å². The lowest BCUT2D eigenvalue weighted by Gasteiger charge is -2.11. The third-order valence-corrected chi connectivity index (χ3v) is 2.39. The molecule has 1 atom stereocenters. The summed E-state index contributed by atoms with van der Waals surface area (Å²) < 4.78 is 5.28. The number of nitrogens with one attached hydrogen (secondary N) is 1. The van der Waals surface area contributed by atoms with Crippen molar-refractivity contribution in [3.05, 3.63) is 24.3 Å². The topological polar surface area (TPSA) is 96.9 Å². The molecule has 0 aliphatic rings. The van der Waals surface area contributed by atoms with Crippen molar-refractivity contribution < 1.29 is 14.7 Å². The highest BCUT2D eigenvalue weighted by Crippen LogP contribution is 2.16. The molecule has 1 unspecified atom stereocenters. The van der Waals surface area contributed by atoms with E-state index in [2.05, 4.69) is 10.5 Å². The van der Waals surface area contributed by atoms with Crippen LogP contribution in [0.15, 0.2) is 29.4 Å². The molecule has 0 radical (unpaired) electrons. The molecule has 0 aliphatic heterocycles. The zero-order chi connectivity index (χ0) is 13.5. The number of amides is 1. The summed E-state index contributed by atoms with van der Waals surface area (Å²) in [6.45, 7) is 4.04. The van der Waals surface area contributed by atoms with E-state index >= 15 is 0 Å². The average Bonchev–Trinajstić information content (AvgIpc) is 2.39. The van der Waals surface area contributed by atoms with Crippen LogP contribution in [0.4, 0.5) is 5.69 Å². The molecule has 0 fully saturated rings. The summed E-state index contributed by atoms with van der Waals surface area (Å²) in [4.78, 5) is 11.7. The molecule has 18 heavy (non-hydrogen) atoms. The molecule has 1 aromatic carbocycles. The van der Waals surface area contributed by atoms with Gasteiger partial charge in [0.2, 0.25) is 5.91 Å². The number of carbonyl (C=O) groups is 1. The maximum Gasteiger partial charge on any atom is 0.234 e. The predicted molar refractivity (Wildman–Crippen MR) is 68.8 cm³/mol. The monoisotopic (exact) mass is 251 g/mol. The molecule has 1 amide bonds. The summed E-state index contributed by atoms with van der Waals surface area (Å²) in [6.07, 6.45) is 0. The minimum absolute atomic E-state index is 0.126. The standard InChI is InChI=1S/C12H17N3O3/c1-3-18-10-6-4-9(5-7-10)14-12(16)8(2)11(13)15-17/h4-8,17H,3H2,1-2H3,(H2,13,15)(H,14,16). The average molecular weight is 251 g/mol. The van der Waals surface area contributed by atoms with E-state index in [9.17, 15) is 4.79 Å². The lowest BCUT2D eigenvalue weighted by atomic mass is 10.1. The Morgan fingerprint density at radius 1 is 1.50 bits per heavy atom. The van der Waals surface area contributed by atoms with Gasteiger partial charge in [-0.25, -0.2) is 0 Å². The molecule has 1 rings (SSSR count). The number of benzene rings is 1. The number of carbonyl (C=O) groups excluding carboxylic acids is 1. The highest BCUT2D eigenvalue weighted by molar-refractivity contribution is 6.07. The second-order valence-corrected chi connectivity index (χ2v) is 3.69. The van der Waals surface area contributed by atoms with Crippen molar-refractivity contribution >= 4 is 17.4 Å². The summed E-state index contributed by atoms with van der Waals surface area (Å²) in [5, 5.41) is 13.9. The number of hydrogen-bond donors (Lipinski definition) is 3. The molecule has 0 spiro atoms. The van der Waals surface area contributed by atoms with Crippen molar-refractivity contribution in [1.82, 2.24) is 0 Å². The maximum absolute atomic E-state index is 11.7. The van der Waals surface area contributed by atoms with Gasteiger partial charge in [-0.1, -0.05) is 5.16 Å². The first kappa shape index (κ1) is 13.8. The largest absolute Gasteiger partial charge is 0.494 e. The number of amidine groups is 1. The molecule has 4 N–H and O–H groups in total. The number of anilines is 1. The van der Waals surface area contributed by atoms with Gasteiger partial charge in [0.25, 0.3) is 0 Å². The van der Waals surface area contributed by atoms with Crippen molar-refractivity contribution in [1.29, 1.82) is 0 Å². The van der Waals surface area contributed by atoms with Gasteiger partial charge < -0.3 is 21.0 Å². The summed E-state index contributed by atoms with van der Waals surface area (Å²) in [7, 11) is 0. The number of nitrogens with zero attached hydrogens (tertiary/aromatic N) is 1. The Morgan fingerprint density at radius 3 is 2.61 bits per heavy atom. The minimum atomic E-state index is -0.693. The Morgan fingerprint density at radius 2 is 2.11 bits per heavy atom. The van der Waals surface area contributed by atoms with Crippen molar-refractivity contribution in [2.24, 2.45) is 16.8 Å². The summed E-state index contributed by atoms with van der Waals surface area (Å²) in [6, 6.07) is 6.96. The Balaban J connectivity index is 2.65. The minimum Gasteiger partial charge on any atom is -0.494 e. The Kier molecular flexibility index (Phi) is 4.98. The number of ether oxygens (including phenoxy) is 1. The molecule has 1 aromatic rings. The van der Waals surface area contributed by atoms with Crippen LogP contribution in [0.2, 0.25) is 0 Å². The Hall–Kier alpha value is -2.24. The molecule has 0 bridgehead atoms. The molecular weight excluding hydrogens is 234 g/mol. The van der Waals surface area contributed by atoms with Crippen molar-refractivity contribution in [3.8, 4) is 5.75 Å². The van der Waals surface area contributed by atoms with Crippen LogP contribution in [0.5, 0.6) is 5.75 Å². The van der Waals surface area contributed by atoms with Crippen LogP contribution in [0.1, 0.15) is 13.8 Å². The second kappa shape index (κ2) is 6.48. The molecule has 6 nitrogen and oxygen atoms in total. The number of rotatable bonds is 5. The first-order valence-electron chi connectivity index (χ1n) is 5.59. The molecule has 0 aromatic heterocycles. The van der Waals surface area contributed by atoms with Gasteiger partial charge in [0.1, 0.15) is 5.75 Å². The quantitative estimate of drug-likeness (QED) is 0.319. The molecule has 6 heteroatoms. The molecule has 0 heterocycles. The van der Waals surface area contributed by atoms with E-state index in [-0.39, 0.29) is 11.7 Å². The first-order chi connectivity index (χ1) is 8.58. The van der Waals surface area contributed by atoms with Gasteiger partial charge in [-0.2, -0.15) is 0 Å². The van der Waals surface area contributed by atoms with E-state index in [4.69, 9.17) is 15.7 Å². The smallest absolute Gasteiger partial charge is 0.234 e. The SMILES string of the molecule is CCOc1ccc(NC(=O)C(C)/C(N)=N/O)cc1. The van der Waals surface area contributed by atoms with E-state index in [0.717, 1.165) is 5.75 Å². The molecule has 0 saturated heterocycles. The van der Waals surface area contributed by atoms with Crippen LogP contribution in [-0.2, 0) is 4.79 Å². The normalized spacial score (nSPS) is 12.9. The molecule has 0 aliphatic carbocycles. The van der Waals surface area contributed by atoms with E-state index < -0.39 is 5.92 Å². The third kappa shape index (κ3) is 3.65. The zero-order valence-electron chi connectivity index (χ0n) is 10.4. The highest BCUT2D eigenvalue weighted by atomic mass is 16.5. The van der Waals surface area contributed by atoms with Gasteiger partial charge in [-0.05, 0) is 38.1 Å². The fourth-order valence-electron chi connectivity index (χ4n) is 1.27. The second-order valence-electron chi connectivity index (χ2n) is 3.69. The zero-order valence-corrected chi connectivity index (χ0v) is 10.4. The number of oxime groups is 1. The fourth-order valence-corrected chi connectivity index (χ4v) is 1.27. The van der Waals surface area contributed by atoms with Gasteiger partial charge in [0.05, 0.1) is 12.5 Å². The Bertz CT molecular complexity index is 429. The number of hydrogen-bond acceptors (Lipinski definition) is 4. The van der Waals surface area contributed by atoms with Crippen molar-refractivity contribution in [2.45, 2.75) is 13.8 Å². The lowest BCUT2D eigenvalue weighted by molar-refractivity contribution is -0.117. The van der Waals surface area contributed by atoms with E-state index in [0.29, 0.717) is 12.3 Å². The molecule has 98 valence electrons. The maximum atomic E-state index is 11.7. The van der Waals surface area contributed by atoms with Crippen LogP contribution in [0.25, 0.3) is 0 Å². The molecular formula is C12H17N3O3. The summed E-state index contributed by atoms with van der Waals surface area (Å²) >= 11 is 0. The van der Waals surface area contributed by atoms with Gasteiger partial charge in [0, 0.05) is 5.69 Å². The van der Waals surface area contributed by atoms with Gasteiger partial charge in [0.15, 0.2) is 5.84 Å². The van der Waals surface area contributed by atoms with Gasteiger partial charge in [-0.15, -0.1) is 0 Å². The highest BCUT2D eigenvalue weighted by Gasteiger charge is 2.17. The van der Waals surface area contributed by atoms with Crippen molar-refractivity contribution in [2.75, 3.05) is 11.9 Å². The first-order valence-corrected chi connectivity index (χ1v) is 5.59. The fraction of sp³-hybridized carbons (Fsp3) is 0.333. The van der Waals surface area contributed by atoms with Crippen LogP contribution in [-0.4, -0.2) is 23.6 Å². The van der Waals surface area contributed by atoms with E-state index in [1.54, 1.807) is 31.2 Å².